The average Bonchev–Trinajstić information content (AvgIpc) is 3.22. The second-order valence-electron chi connectivity index (χ2n) is 8.78. The zero-order valence-corrected chi connectivity index (χ0v) is 18.7. The first-order valence-corrected chi connectivity index (χ1v) is 11.3. The number of aliphatic hydroxyl groups excluding tert-OH is 1. The number of ketones is 1. The molecule has 2 aliphatic rings. The van der Waals surface area contributed by atoms with Gasteiger partial charge >= 0.3 is 0 Å². The van der Waals surface area contributed by atoms with Crippen LogP contribution in [0.4, 0.5) is 17.3 Å². The van der Waals surface area contributed by atoms with Crippen LogP contribution in [-0.2, 0) is 4.74 Å². The minimum atomic E-state index is -0.414. The van der Waals surface area contributed by atoms with Gasteiger partial charge in [-0.15, -0.1) is 0 Å². The van der Waals surface area contributed by atoms with Crippen molar-refractivity contribution in [2.75, 3.05) is 24.8 Å². The summed E-state index contributed by atoms with van der Waals surface area (Å²) >= 11 is 0. The van der Waals surface area contributed by atoms with Crippen LogP contribution in [0.15, 0.2) is 35.4 Å². The van der Waals surface area contributed by atoms with Crippen molar-refractivity contribution >= 4 is 28.8 Å². The summed E-state index contributed by atoms with van der Waals surface area (Å²) < 4.78 is 8.73. The number of carbonyl (C=O) groups excluding carboxylic acids is 1. The smallest absolute Gasteiger partial charge is 0.274 e. The lowest BCUT2D eigenvalue weighted by Crippen LogP contribution is -2.40. The highest BCUT2D eigenvalue weighted by atomic mass is 16.5. The molecule has 4 atom stereocenters. The Kier molecular flexibility index (Phi) is 5.63. The molecule has 10 nitrogen and oxygen atoms in total. The van der Waals surface area contributed by atoms with Crippen molar-refractivity contribution in [2.24, 2.45) is 5.92 Å². The molecule has 33 heavy (non-hydrogen) atoms. The summed E-state index contributed by atoms with van der Waals surface area (Å²) in [6, 6.07) is 5.30. The van der Waals surface area contributed by atoms with Gasteiger partial charge in [0.25, 0.3) is 5.56 Å². The van der Waals surface area contributed by atoms with Gasteiger partial charge in [0.1, 0.15) is 17.3 Å². The van der Waals surface area contributed by atoms with Crippen LogP contribution >= 0.6 is 0 Å². The van der Waals surface area contributed by atoms with Crippen LogP contribution in [0, 0.1) is 5.92 Å². The number of pyridine rings is 1. The number of Topliss-reactive ketones (excluding diaryl/α,β-unsaturated/α-hetero) is 1. The van der Waals surface area contributed by atoms with Crippen LogP contribution in [0.25, 0.3) is 5.65 Å². The maximum Gasteiger partial charge on any atom is 0.274 e. The lowest BCUT2D eigenvalue weighted by molar-refractivity contribution is -0.0103. The molecule has 0 radical (unpaired) electrons. The third kappa shape index (κ3) is 3.79. The maximum absolute atomic E-state index is 13.1. The summed E-state index contributed by atoms with van der Waals surface area (Å²) in [7, 11) is 3.42. The minimum Gasteiger partial charge on any atom is -0.393 e. The maximum atomic E-state index is 13.1. The quantitative estimate of drug-likeness (QED) is 0.445. The van der Waals surface area contributed by atoms with Gasteiger partial charge < -0.3 is 25.0 Å². The first-order valence-electron chi connectivity index (χ1n) is 11.3. The molecule has 0 unspecified atom stereocenters. The van der Waals surface area contributed by atoms with Crippen LogP contribution in [0.2, 0.25) is 0 Å². The van der Waals surface area contributed by atoms with E-state index in [4.69, 9.17) is 4.74 Å². The normalized spacial score (nSPS) is 24.2. The van der Waals surface area contributed by atoms with E-state index >= 15 is 0 Å². The molecule has 0 saturated heterocycles. The van der Waals surface area contributed by atoms with Crippen molar-refractivity contribution in [1.29, 1.82) is 0 Å². The molecule has 2 saturated carbocycles. The number of methoxy groups -OCH3 is 1. The largest absolute Gasteiger partial charge is 0.393 e. The lowest BCUT2D eigenvalue weighted by atomic mass is 9.78. The summed E-state index contributed by atoms with van der Waals surface area (Å²) in [5, 5.41) is 20.4. The fourth-order valence-corrected chi connectivity index (χ4v) is 4.59. The average molecular weight is 453 g/mol. The third-order valence-electron chi connectivity index (χ3n) is 6.93. The Morgan fingerprint density at radius 2 is 2.15 bits per heavy atom. The fraction of sp³-hybridized carbons (Fsp3) is 0.478. The number of hydrogen-bond donors (Lipinski definition) is 3. The zero-order valence-electron chi connectivity index (χ0n) is 18.7. The molecule has 0 amide bonds. The van der Waals surface area contributed by atoms with E-state index < -0.39 is 6.10 Å². The van der Waals surface area contributed by atoms with Crippen molar-refractivity contribution in [1.82, 2.24) is 19.2 Å². The molecule has 0 aliphatic heterocycles. The number of nitrogens with zero attached hydrogens (tertiary/aromatic N) is 4. The molecular weight excluding hydrogens is 424 g/mol. The standard InChI is InChI=1S/C23H28N6O4/c1-24-21-11-20(26-15-4-3-9-28(23(15)32)16-6-8-19(16)33-2)27-22-14(12-25-29(21)22)18(31)10-13-5-7-17(13)30/h3-4,9,11-13,16-17,19,24,30H,5-8,10H2,1-2H3,(H,26,27)/t13-,16+,17+,19+/m0/s1. The lowest BCUT2D eigenvalue weighted by Gasteiger charge is -2.36. The predicted molar refractivity (Wildman–Crippen MR) is 123 cm³/mol. The van der Waals surface area contributed by atoms with Crippen molar-refractivity contribution < 1.29 is 14.6 Å². The van der Waals surface area contributed by atoms with E-state index in [-0.39, 0.29) is 35.8 Å². The van der Waals surface area contributed by atoms with Gasteiger partial charge in [-0.25, -0.2) is 4.98 Å². The molecule has 174 valence electrons. The van der Waals surface area contributed by atoms with E-state index in [9.17, 15) is 14.7 Å². The Labute approximate surface area is 190 Å². The van der Waals surface area contributed by atoms with Crippen molar-refractivity contribution in [3.05, 3.63) is 46.5 Å². The summed E-state index contributed by atoms with van der Waals surface area (Å²) in [5.74, 6) is 0.942. The van der Waals surface area contributed by atoms with Gasteiger partial charge in [-0.2, -0.15) is 9.61 Å². The number of hydrogen-bond acceptors (Lipinski definition) is 8. The van der Waals surface area contributed by atoms with E-state index in [1.165, 1.54) is 6.20 Å². The highest BCUT2D eigenvalue weighted by Gasteiger charge is 2.33. The van der Waals surface area contributed by atoms with Crippen molar-refractivity contribution in [3.8, 4) is 0 Å². The van der Waals surface area contributed by atoms with Crippen molar-refractivity contribution in [2.45, 2.75) is 50.4 Å². The molecular formula is C23H28N6O4. The molecule has 3 aromatic rings. The Morgan fingerprint density at radius 1 is 1.30 bits per heavy atom. The van der Waals surface area contributed by atoms with Gasteiger partial charge in [0.15, 0.2) is 11.4 Å². The molecule has 2 fully saturated rings. The molecule has 3 aromatic heterocycles. The van der Waals surface area contributed by atoms with Crippen molar-refractivity contribution in [3.63, 3.8) is 0 Å². The highest BCUT2D eigenvalue weighted by Crippen LogP contribution is 2.34. The molecule has 10 heteroatoms. The number of ether oxygens (including phenoxy) is 1. The van der Waals surface area contributed by atoms with Gasteiger partial charge in [-0.1, -0.05) is 0 Å². The Bertz CT molecular complexity index is 1250. The fourth-order valence-electron chi connectivity index (χ4n) is 4.59. The van der Waals surface area contributed by atoms with E-state index in [0.29, 0.717) is 28.5 Å². The van der Waals surface area contributed by atoms with Crippen LogP contribution in [0.3, 0.4) is 0 Å². The first-order chi connectivity index (χ1) is 16.0. The van der Waals surface area contributed by atoms with Gasteiger partial charge in [-0.3, -0.25) is 9.59 Å². The molecule has 0 spiro atoms. The van der Waals surface area contributed by atoms with E-state index in [2.05, 4.69) is 20.7 Å². The number of rotatable bonds is 8. The van der Waals surface area contributed by atoms with Gasteiger partial charge in [0.2, 0.25) is 0 Å². The van der Waals surface area contributed by atoms with Crippen LogP contribution in [0.1, 0.15) is 48.5 Å². The Hall–Kier alpha value is -3.24. The third-order valence-corrected chi connectivity index (χ3v) is 6.93. The van der Waals surface area contributed by atoms with Crippen LogP contribution < -0.4 is 16.2 Å². The Morgan fingerprint density at radius 3 is 2.79 bits per heavy atom. The van der Waals surface area contributed by atoms with E-state index in [1.807, 2.05) is 6.07 Å². The minimum absolute atomic E-state index is 0.0113. The summed E-state index contributed by atoms with van der Waals surface area (Å²) in [6.07, 6.45) is 6.60. The van der Waals surface area contributed by atoms with Crippen LogP contribution in [0.5, 0.6) is 0 Å². The second kappa shape index (κ2) is 8.60. The predicted octanol–water partition coefficient (Wildman–Crippen LogP) is 2.37. The molecule has 0 bridgehead atoms. The number of nitrogens with one attached hydrogen (secondary N) is 2. The number of carbonyl (C=O) groups is 1. The monoisotopic (exact) mass is 452 g/mol. The number of aliphatic hydroxyl groups is 1. The molecule has 3 N–H and O–H groups in total. The summed E-state index contributed by atoms with van der Waals surface area (Å²) in [5.41, 5.74) is 1.04. The van der Waals surface area contributed by atoms with E-state index in [0.717, 1.165) is 25.7 Å². The SMILES string of the molecule is CNc1cc(Nc2cccn([C@@H]3CC[C@H]3OC)c2=O)nc2c(C(=O)C[C@@H]3CC[C@H]3O)cnn12. The Balaban J connectivity index is 1.46. The topological polar surface area (TPSA) is 123 Å². The molecule has 5 rings (SSSR count). The molecule has 2 aliphatic carbocycles. The van der Waals surface area contributed by atoms with Crippen LogP contribution in [-0.4, -0.2) is 56.4 Å². The highest BCUT2D eigenvalue weighted by molar-refractivity contribution is 6.01. The van der Waals surface area contributed by atoms with Gasteiger partial charge in [0.05, 0.1) is 30.0 Å². The molecule has 0 aromatic carbocycles. The van der Waals surface area contributed by atoms with Gasteiger partial charge in [0, 0.05) is 32.8 Å². The number of anilines is 3. The number of fused-ring (bicyclic) bond motifs is 1. The first kappa shape index (κ1) is 21.6. The van der Waals surface area contributed by atoms with E-state index in [1.54, 1.807) is 41.6 Å². The zero-order chi connectivity index (χ0) is 23.1. The molecule has 3 heterocycles. The number of aromatic nitrogens is 4. The summed E-state index contributed by atoms with van der Waals surface area (Å²) in [4.78, 5) is 30.6. The summed E-state index contributed by atoms with van der Waals surface area (Å²) in [6.45, 7) is 0. The van der Waals surface area contributed by atoms with Gasteiger partial charge in [-0.05, 0) is 43.7 Å². The second-order valence-corrected chi connectivity index (χ2v) is 8.78.